The van der Waals surface area contributed by atoms with Gasteiger partial charge in [-0.2, -0.15) is 4.52 Å². The molecule has 25 heavy (non-hydrogen) atoms. The highest BCUT2D eigenvalue weighted by Crippen LogP contribution is 2.23. The van der Waals surface area contributed by atoms with Crippen LogP contribution in [0.3, 0.4) is 0 Å². The highest BCUT2D eigenvalue weighted by Gasteiger charge is 2.14. The first-order valence-electron chi connectivity index (χ1n) is 8.52. The van der Waals surface area contributed by atoms with Crippen molar-refractivity contribution in [2.75, 3.05) is 11.9 Å². The van der Waals surface area contributed by atoms with Crippen molar-refractivity contribution in [3.05, 3.63) is 48.8 Å². The number of anilines is 1. The standard InChI is InChI=1S/C19H20N6/c1-13(2)9-11-21-19-22-16-8-4-3-7-15(16)18-23-17(24-25(18)19)14-6-5-10-20-12-14/h3-8,10,12-13H,9,11H2,1-2H3,(H,21,22). The topological polar surface area (TPSA) is 68.0 Å². The summed E-state index contributed by atoms with van der Waals surface area (Å²) < 4.78 is 1.80. The second kappa shape index (κ2) is 6.47. The van der Waals surface area contributed by atoms with Gasteiger partial charge in [0.15, 0.2) is 11.5 Å². The summed E-state index contributed by atoms with van der Waals surface area (Å²) in [5, 5.41) is 9.07. The van der Waals surface area contributed by atoms with E-state index in [0.717, 1.165) is 41.0 Å². The Hall–Kier alpha value is -3.02. The van der Waals surface area contributed by atoms with Gasteiger partial charge in [-0.1, -0.05) is 26.0 Å². The number of benzene rings is 1. The molecule has 1 aromatic carbocycles. The maximum Gasteiger partial charge on any atom is 0.226 e. The fourth-order valence-corrected chi connectivity index (χ4v) is 2.76. The Balaban J connectivity index is 1.86. The maximum absolute atomic E-state index is 4.75. The number of nitrogens with one attached hydrogen (secondary N) is 1. The normalized spacial score (nSPS) is 11.5. The van der Waals surface area contributed by atoms with Crippen molar-refractivity contribution >= 4 is 22.5 Å². The van der Waals surface area contributed by atoms with Crippen LogP contribution in [0.15, 0.2) is 48.8 Å². The molecule has 0 atom stereocenters. The minimum Gasteiger partial charge on any atom is -0.354 e. The predicted octanol–water partition coefficient (Wildman–Crippen LogP) is 3.80. The van der Waals surface area contributed by atoms with Crippen molar-refractivity contribution in [2.45, 2.75) is 20.3 Å². The Morgan fingerprint density at radius 1 is 1.08 bits per heavy atom. The zero-order valence-electron chi connectivity index (χ0n) is 14.3. The van der Waals surface area contributed by atoms with E-state index in [1.807, 2.05) is 36.4 Å². The van der Waals surface area contributed by atoms with Crippen LogP contribution in [0.2, 0.25) is 0 Å². The monoisotopic (exact) mass is 332 g/mol. The predicted molar refractivity (Wildman–Crippen MR) is 99.5 cm³/mol. The molecule has 4 aromatic rings. The molecule has 0 unspecified atom stereocenters. The quantitative estimate of drug-likeness (QED) is 0.602. The SMILES string of the molecule is CC(C)CCNc1nc2ccccc2c2nc(-c3cccnc3)nn12. The van der Waals surface area contributed by atoms with Crippen LogP contribution >= 0.6 is 0 Å². The highest BCUT2D eigenvalue weighted by molar-refractivity contribution is 5.92. The van der Waals surface area contributed by atoms with Crippen molar-refractivity contribution in [3.8, 4) is 11.4 Å². The summed E-state index contributed by atoms with van der Waals surface area (Å²) >= 11 is 0. The van der Waals surface area contributed by atoms with E-state index in [1.54, 1.807) is 16.9 Å². The number of rotatable bonds is 5. The molecule has 0 spiro atoms. The lowest BCUT2D eigenvalue weighted by molar-refractivity contribution is 0.605. The Morgan fingerprint density at radius 3 is 2.76 bits per heavy atom. The average molecular weight is 332 g/mol. The summed E-state index contributed by atoms with van der Waals surface area (Å²) in [4.78, 5) is 13.7. The van der Waals surface area contributed by atoms with Gasteiger partial charge in [-0.05, 0) is 36.6 Å². The molecule has 3 aromatic heterocycles. The third kappa shape index (κ3) is 3.03. The largest absolute Gasteiger partial charge is 0.354 e. The highest BCUT2D eigenvalue weighted by atomic mass is 15.4. The van der Waals surface area contributed by atoms with Crippen molar-refractivity contribution in [2.24, 2.45) is 5.92 Å². The van der Waals surface area contributed by atoms with Crippen LogP contribution in [-0.2, 0) is 0 Å². The van der Waals surface area contributed by atoms with Crippen LogP contribution in [0.4, 0.5) is 5.95 Å². The molecule has 0 aliphatic rings. The van der Waals surface area contributed by atoms with Crippen molar-refractivity contribution in [1.29, 1.82) is 0 Å². The summed E-state index contributed by atoms with van der Waals surface area (Å²) in [6.45, 7) is 5.27. The summed E-state index contributed by atoms with van der Waals surface area (Å²) in [6, 6.07) is 11.9. The molecular weight excluding hydrogens is 312 g/mol. The van der Waals surface area contributed by atoms with E-state index in [2.05, 4.69) is 29.2 Å². The number of hydrogen-bond donors (Lipinski definition) is 1. The fraction of sp³-hybridized carbons (Fsp3) is 0.263. The summed E-state index contributed by atoms with van der Waals surface area (Å²) in [5.41, 5.74) is 2.60. The molecule has 0 aliphatic carbocycles. The molecule has 4 rings (SSSR count). The van der Waals surface area contributed by atoms with Crippen LogP contribution in [0, 0.1) is 5.92 Å². The van der Waals surface area contributed by atoms with Crippen molar-refractivity contribution in [1.82, 2.24) is 24.6 Å². The van der Waals surface area contributed by atoms with Gasteiger partial charge in [0, 0.05) is 29.9 Å². The molecule has 0 saturated heterocycles. The van der Waals surface area contributed by atoms with Crippen LogP contribution in [0.5, 0.6) is 0 Å². The van der Waals surface area contributed by atoms with Gasteiger partial charge in [0.25, 0.3) is 0 Å². The van der Waals surface area contributed by atoms with Gasteiger partial charge < -0.3 is 5.32 Å². The molecule has 6 nitrogen and oxygen atoms in total. The third-order valence-corrected chi connectivity index (χ3v) is 4.10. The van der Waals surface area contributed by atoms with Gasteiger partial charge in [0.2, 0.25) is 5.95 Å². The van der Waals surface area contributed by atoms with Gasteiger partial charge in [0.05, 0.1) is 5.52 Å². The van der Waals surface area contributed by atoms with Gasteiger partial charge in [-0.3, -0.25) is 4.98 Å². The molecule has 3 heterocycles. The molecule has 0 amide bonds. The van der Waals surface area contributed by atoms with Gasteiger partial charge in [-0.25, -0.2) is 9.97 Å². The second-order valence-electron chi connectivity index (χ2n) is 6.47. The van der Waals surface area contributed by atoms with Gasteiger partial charge in [-0.15, -0.1) is 5.10 Å². The molecule has 126 valence electrons. The average Bonchev–Trinajstić information content (AvgIpc) is 3.08. The van der Waals surface area contributed by atoms with E-state index >= 15 is 0 Å². The number of fused-ring (bicyclic) bond motifs is 3. The Kier molecular flexibility index (Phi) is 4.01. The van der Waals surface area contributed by atoms with Crippen LogP contribution in [-0.4, -0.2) is 31.1 Å². The first kappa shape index (κ1) is 15.5. The number of aromatic nitrogens is 5. The van der Waals surface area contributed by atoms with E-state index in [1.165, 1.54) is 0 Å². The zero-order chi connectivity index (χ0) is 17.2. The van der Waals surface area contributed by atoms with Crippen LogP contribution < -0.4 is 5.32 Å². The Bertz CT molecular complexity index is 1010. The van der Waals surface area contributed by atoms with Crippen molar-refractivity contribution < 1.29 is 0 Å². The molecule has 0 aliphatic heterocycles. The smallest absolute Gasteiger partial charge is 0.226 e. The minimum atomic E-state index is 0.630. The molecule has 0 saturated carbocycles. The lowest BCUT2D eigenvalue weighted by atomic mass is 10.1. The summed E-state index contributed by atoms with van der Waals surface area (Å²) in [7, 11) is 0. The first-order valence-corrected chi connectivity index (χ1v) is 8.52. The van der Waals surface area contributed by atoms with E-state index in [0.29, 0.717) is 11.7 Å². The third-order valence-electron chi connectivity index (χ3n) is 4.10. The van der Waals surface area contributed by atoms with E-state index in [-0.39, 0.29) is 0 Å². The zero-order valence-corrected chi connectivity index (χ0v) is 14.3. The second-order valence-corrected chi connectivity index (χ2v) is 6.47. The van der Waals surface area contributed by atoms with Crippen LogP contribution in [0.1, 0.15) is 20.3 Å². The molecule has 0 fully saturated rings. The lowest BCUT2D eigenvalue weighted by Crippen LogP contribution is -2.11. The lowest BCUT2D eigenvalue weighted by Gasteiger charge is -2.10. The Morgan fingerprint density at radius 2 is 1.96 bits per heavy atom. The molecule has 1 N–H and O–H groups in total. The molecule has 0 bridgehead atoms. The molecular formula is C19H20N6. The van der Waals surface area contributed by atoms with Gasteiger partial charge >= 0.3 is 0 Å². The summed E-state index contributed by atoms with van der Waals surface area (Å²) in [5.74, 6) is 2.00. The number of para-hydroxylation sites is 1. The van der Waals surface area contributed by atoms with Crippen molar-refractivity contribution in [3.63, 3.8) is 0 Å². The van der Waals surface area contributed by atoms with E-state index in [9.17, 15) is 0 Å². The number of pyridine rings is 1. The first-order chi connectivity index (χ1) is 12.2. The van der Waals surface area contributed by atoms with Crippen LogP contribution in [0.25, 0.3) is 27.9 Å². The van der Waals surface area contributed by atoms with E-state index < -0.39 is 0 Å². The summed E-state index contributed by atoms with van der Waals surface area (Å²) in [6.07, 6.45) is 4.59. The van der Waals surface area contributed by atoms with Gasteiger partial charge in [0.1, 0.15) is 0 Å². The number of hydrogen-bond acceptors (Lipinski definition) is 5. The van der Waals surface area contributed by atoms with E-state index in [4.69, 9.17) is 9.97 Å². The Labute approximate surface area is 146 Å². The molecule has 0 radical (unpaired) electrons. The molecule has 6 heteroatoms. The maximum atomic E-state index is 4.75. The minimum absolute atomic E-state index is 0.630. The number of nitrogens with zero attached hydrogens (tertiary/aromatic N) is 5. The fourth-order valence-electron chi connectivity index (χ4n) is 2.76.